The zero-order valence-electron chi connectivity index (χ0n) is 8.91. The van der Waals surface area contributed by atoms with E-state index in [2.05, 4.69) is 13.0 Å². The first kappa shape index (κ1) is 11.7. The van der Waals surface area contributed by atoms with E-state index in [1.165, 1.54) is 12.1 Å². The molecule has 0 atom stereocenters. The number of halogens is 1. The number of nitrogens with zero attached hydrogens (tertiary/aromatic N) is 2. The van der Waals surface area contributed by atoms with Crippen LogP contribution in [0.15, 0.2) is 24.3 Å². The van der Waals surface area contributed by atoms with Gasteiger partial charge in [0, 0.05) is 6.54 Å². The predicted octanol–water partition coefficient (Wildman–Crippen LogP) is 2.56. The second kappa shape index (κ2) is 6.15. The van der Waals surface area contributed by atoms with Crippen LogP contribution in [0.1, 0.15) is 18.9 Å². The van der Waals surface area contributed by atoms with Gasteiger partial charge in [-0.05, 0) is 30.7 Å². The minimum atomic E-state index is -0.221. The third kappa shape index (κ3) is 4.09. The molecular weight excluding hydrogens is 191 g/mol. The molecule has 0 aliphatic carbocycles. The Labute approximate surface area is 89.9 Å². The zero-order valence-corrected chi connectivity index (χ0v) is 8.91. The topological polar surface area (TPSA) is 27.0 Å². The molecule has 0 fully saturated rings. The fourth-order valence-corrected chi connectivity index (χ4v) is 1.52. The molecule has 0 aromatic heterocycles. The summed E-state index contributed by atoms with van der Waals surface area (Å²) in [6.45, 7) is 3.96. The third-order valence-electron chi connectivity index (χ3n) is 2.13. The smallest absolute Gasteiger partial charge is 0.123 e. The Morgan fingerprint density at radius 3 is 2.87 bits per heavy atom. The van der Waals surface area contributed by atoms with Crippen LogP contribution in [0, 0.1) is 17.1 Å². The molecule has 2 nitrogen and oxygen atoms in total. The lowest BCUT2D eigenvalue weighted by Crippen LogP contribution is -2.24. The Morgan fingerprint density at radius 1 is 1.47 bits per heavy atom. The van der Waals surface area contributed by atoms with Gasteiger partial charge in [-0.1, -0.05) is 19.1 Å². The molecule has 3 heteroatoms. The van der Waals surface area contributed by atoms with Crippen molar-refractivity contribution in [2.75, 3.05) is 13.1 Å². The predicted molar refractivity (Wildman–Crippen MR) is 57.6 cm³/mol. The van der Waals surface area contributed by atoms with Crippen molar-refractivity contribution in [3.8, 4) is 6.07 Å². The van der Waals surface area contributed by atoms with E-state index in [0.717, 1.165) is 18.5 Å². The largest absolute Gasteiger partial charge is 0.286 e. The average Bonchev–Trinajstić information content (AvgIpc) is 2.18. The summed E-state index contributed by atoms with van der Waals surface area (Å²) in [6, 6.07) is 8.64. The van der Waals surface area contributed by atoms with Gasteiger partial charge in [0.1, 0.15) is 5.82 Å². The van der Waals surface area contributed by atoms with Gasteiger partial charge in [0.05, 0.1) is 12.6 Å². The van der Waals surface area contributed by atoms with Crippen molar-refractivity contribution in [1.82, 2.24) is 4.90 Å². The van der Waals surface area contributed by atoms with Crippen LogP contribution in [0.2, 0.25) is 0 Å². The average molecular weight is 206 g/mol. The first-order valence-corrected chi connectivity index (χ1v) is 5.10. The van der Waals surface area contributed by atoms with Gasteiger partial charge >= 0.3 is 0 Å². The second-order valence-electron chi connectivity index (χ2n) is 3.50. The first-order chi connectivity index (χ1) is 7.26. The van der Waals surface area contributed by atoms with Gasteiger partial charge in [0.25, 0.3) is 0 Å². The van der Waals surface area contributed by atoms with Crippen molar-refractivity contribution in [3.63, 3.8) is 0 Å². The highest BCUT2D eigenvalue weighted by molar-refractivity contribution is 5.16. The number of hydrogen-bond donors (Lipinski definition) is 0. The Kier molecular flexibility index (Phi) is 4.79. The maximum absolute atomic E-state index is 12.9. The molecule has 1 aromatic carbocycles. The van der Waals surface area contributed by atoms with Crippen LogP contribution in [0.25, 0.3) is 0 Å². The Bertz CT molecular complexity index is 344. The summed E-state index contributed by atoms with van der Waals surface area (Å²) in [5, 5.41) is 8.63. The van der Waals surface area contributed by atoms with Gasteiger partial charge in [0.2, 0.25) is 0 Å². The molecule has 1 rings (SSSR count). The normalized spacial score (nSPS) is 10.3. The summed E-state index contributed by atoms with van der Waals surface area (Å²) >= 11 is 0. The minimum absolute atomic E-state index is 0.221. The van der Waals surface area contributed by atoms with E-state index in [4.69, 9.17) is 5.26 Å². The lowest BCUT2D eigenvalue weighted by Gasteiger charge is -2.17. The number of nitriles is 1. The molecule has 0 saturated carbocycles. The van der Waals surface area contributed by atoms with Crippen LogP contribution < -0.4 is 0 Å². The summed E-state index contributed by atoms with van der Waals surface area (Å²) in [6.07, 6.45) is 0.997. The monoisotopic (exact) mass is 206 g/mol. The SMILES string of the molecule is CCCN(CC#N)Cc1cccc(F)c1. The van der Waals surface area contributed by atoms with Gasteiger partial charge < -0.3 is 0 Å². The quantitative estimate of drug-likeness (QED) is 0.692. The van der Waals surface area contributed by atoms with Crippen molar-refractivity contribution in [3.05, 3.63) is 35.6 Å². The van der Waals surface area contributed by atoms with Gasteiger partial charge in [-0.3, -0.25) is 4.90 Å². The van der Waals surface area contributed by atoms with Gasteiger partial charge in [-0.25, -0.2) is 4.39 Å². The number of rotatable bonds is 5. The molecule has 0 heterocycles. The van der Waals surface area contributed by atoms with Gasteiger partial charge in [-0.15, -0.1) is 0 Å². The molecule has 0 spiro atoms. The van der Waals surface area contributed by atoms with Crippen LogP contribution >= 0.6 is 0 Å². The van der Waals surface area contributed by atoms with Crippen molar-refractivity contribution >= 4 is 0 Å². The Hall–Kier alpha value is -1.40. The molecule has 0 aliphatic rings. The van der Waals surface area contributed by atoms with Crippen LogP contribution in [0.3, 0.4) is 0 Å². The highest BCUT2D eigenvalue weighted by Gasteiger charge is 2.04. The fourth-order valence-electron chi connectivity index (χ4n) is 1.52. The molecule has 15 heavy (non-hydrogen) atoms. The molecule has 0 aliphatic heterocycles. The second-order valence-corrected chi connectivity index (χ2v) is 3.50. The molecule has 0 unspecified atom stereocenters. The molecule has 1 aromatic rings. The molecule has 0 bridgehead atoms. The van der Waals surface area contributed by atoms with Gasteiger partial charge in [0.15, 0.2) is 0 Å². The molecule has 0 amide bonds. The molecule has 0 radical (unpaired) electrons. The minimum Gasteiger partial charge on any atom is -0.286 e. The van der Waals surface area contributed by atoms with Crippen molar-refractivity contribution in [1.29, 1.82) is 5.26 Å². The summed E-state index contributed by atoms with van der Waals surface area (Å²) in [5.74, 6) is -0.221. The number of hydrogen-bond acceptors (Lipinski definition) is 2. The lowest BCUT2D eigenvalue weighted by molar-refractivity contribution is 0.298. The first-order valence-electron chi connectivity index (χ1n) is 5.10. The van der Waals surface area contributed by atoms with E-state index in [0.29, 0.717) is 13.1 Å². The highest BCUT2D eigenvalue weighted by Crippen LogP contribution is 2.07. The van der Waals surface area contributed by atoms with E-state index in [9.17, 15) is 4.39 Å². The van der Waals surface area contributed by atoms with E-state index in [1.807, 2.05) is 11.0 Å². The lowest BCUT2D eigenvalue weighted by atomic mass is 10.2. The number of benzene rings is 1. The highest BCUT2D eigenvalue weighted by atomic mass is 19.1. The van der Waals surface area contributed by atoms with Crippen LogP contribution in [-0.4, -0.2) is 18.0 Å². The maximum atomic E-state index is 12.9. The maximum Gasteiger partial charge on any atom is 0.123 e. The molecular formula is C12H15FN2. The molecule has 0 N–H and O–H groups in total. The van der Waals surface area contributed by atoms with E-state index >= 15 is 0 Å². The van der Waals surface area contributed by atoms with Crippen molar-refractivity contribution in [2.24, 2.45) is 0 Å². The Morgan fingerprint density at radius 2 is 2.27 bits per heavy atom. The standard InChI is InChI=1S/C12H15FN2/c1-2-7-15(8-6-14)10-11-4-3-5-12(13)9-11/h3-5,9H,2,7-8,10H2,1H3. The molecule has 80 valence electrons. The summed E-state index contributed by atoms with van der Waals surface area (Å²) in [7, 11) is 0. The summed E-state index contributed by atoms with van der Waals surface area (Å²) < 4.78 is 12.9. The van der Waals surface area contributed by atoms with Gasteiger partial charge in [-0.2, -0.15) is 5.26 Å². The van der Waals surface area contributed by atoms with E-state index < -0.39 is 0 Å². The Balaban J connectivity index is 2.61. The summed E-state index contributed by atoms with van der Waals surface area (Å²) in [5.41, 5.74) is 0.915. The zero-order chi connectivity index (χ0) is 11.1. The van der Waals surface area contributed by atoms with Crippen LogP contribution in [0.5, 0.6) is 0 Å². The summed E-state index contributed by atoms with van der Waals surface area (Å²) in [4.78, 5) is 2.01. The fraction of sp³-hybridized carbons (Fsp3) is 0.417. The van der Waals surface area contributed by atoms with Crippen molar-refractivity contribution < 1.29 is 4.39 Å². The van der Waals surface area contributed by atoms with Crippen LogP contribution in [0.4, 0.5) is 4.39 Å². The molecule has 0 saturated heterocycles. The van der Waals surface area contributed by atoms with Crippen molar-refractivity contribution in [2.45, 2.75) is 19.9 Å². The van der Waals surface area contributed by atoms with Crippen LogP contribution in [-0.2, 0) is 6.54 Å². The van der Waals surface area contributed by atoms with E-state index in [-0.39, 0.29) is 5.82 Å². The third-order valence-corrected chi connectivity index (χ3v) is 2.13. The van der Waals surface area contributed by atoms with E-state index in [1.54, 1.807) is 6.07 Å².